The lowest BCUT2D eigenvalue weighted by atomic mass is 9.85. The van der Waals surface area contributed by atoms with Crippen LogP contribution in [0.1, 0.15) is 38.2 Å². The summed E-state index contributed by atoms with van der Waals surface area (Å²) in [5, 5.41) is 14.1. The van der Waals surface area contributed by atoms with Crippen LogP contribution in [0.3, 0.4) is 0 Å². The highest BCUT2D eigenvalue weighted by molar-refractivity contribution is 7.16. The fourth-order valence-corrected chi connectivity index (χ4v) is 3.54. The van der Waals surface area contributed by atoms with Gasteiger partial charge in [0.2, 0.25) is 10.8 Å². The van der Waals surface area contributed by atoms with E-state index in [0.29, 0.717) is 17.6 Å². The Hall–Kier alpha value is -1.97. The minimum atomic E-state index is 0.181. The van der Waals surface area contributed by atoms with Gasteiger partial charge in [0.05, 0.1) is 12.2 Å². The number of hydrazine groups is 1. The predicted molar refractivity (Wildman–Crippen MR) is 86.6 cm³/mol. The standard InChI is InChI=1S/C14H18N8S/c1-14(2,3)10-6-8(17-18-10)12-21-22-11(19-20-13(22)23-12)9-7-15-4-5-16-9/h4-5,7-8,10,17-18H,6H2,1-3H3. The Kier molecular flexibility index (Phi) is 3.36. The maximum absolute atomic E-state index is 4.69. The van der Waals surface area contributed by atoms with E-state index in [1.807, 2.05) is 0 Å². The molecule has 3 aromatic heterocycles. The van der Waals surface area contributed by atoms with E-state index >= 15 is 0 Å². The van der Waals surface area contributed by atoms with Gasteiger partial charge in [-0.3, -0.25) is 10.4 Å². The number of aromatic nitrogens is 6. The molecule has 3 aromatic rings. The van der Waals surface area contributed by atoms with Gasteiger partial charge in [0, 0.05) is 18.4 Å². The zero-order valence-electron chi connectivity index (χ0n) is 13.2. The first kappa shape index (κ1) is 14.6. The fraction of sp³-hybridized carbons (Fsp3) is 0.500. The Balaban J connectivity index is 1.65. The van der Waals surface area contributed by atoms with Gasteiger partial charge in [0.25, 0.3) is 0 Å². The van der Waals surface area contributed by atoms with Crippen LogP contribution in [0.4, 0.5) is 0 Å². The molecule has 0 radical (unpaired) electrons. The van der Waals surface area contributed by atoms with Crippen molar-refractivity contribution in [3.05, 3.63) is 23.6 Å². The van der Waals surface area contributed by atoms with Crippen molar-refractivity contribution in [1.82, 2.24) is 40.6 Å². The molecule has 0 amide bonds. The summed E-state index contributed by atoms with van der Waals surface area (Å²) < 4.78 is 1.75. The van der Waals surface area contributed by atoms with Crippen LogP contribution in [0, 0.1) is 5.41 Å². The van der Waals surface area contributed by atoms with Crippen molar-refractivity contribution in [3.8, 4) is 11.5 Å². The molecule has 1 saturated heterocycles. The van der Waals surface area contributed by atoms with E-state index in [2.05, 4.69) is 56.9 Å². The highest BCUT2D eigenvalue weighted by atomic mass is 32.1. The van der Waals surface area contributed by atoms with Gasteiger partial charge in [0.1, 0.15) is 10.7 Å². The molecule has 0 bridgehead atoms. The molecule has 4 rings (SSSR count). The lowest BCUT2D eigenvalue weighted by Gasteiger charge is -2.25. The van der Waals surface area contributed by atoms with Crippen molar-refractivity contribution in [2.24, 2.45) is 5.41 Å². The Bertz CT molecular complexity index is 818. The first-order valence-corrected chi connectivity index (χ1v) is 8.33. The number of hydrogen-bond acceptors (Lipinski definition) is 8. The molecule has 0 saturated carbocycles. The molecule has 0 spiro atoms. The molecule has 2 atom stereocenters. The molecule has 1 aliphatic rings. The van der Waals surface area contributed by atoms with Gasteiger partial charge in [-0.05, 0) is 11.8 Å². The molecule has 9 heteroatoms. The van der Waals surface area contributed by atoms with Crippen molar-refractivity contribution in [1.29, 1.82) is 0 Å². The van der Waals surface area contributed by atoms with Crippen molar-refractivity contribution in [2.75, 3.05) is 0 Å². The van der Waals surface area contributed by atoms with Crippen LogP contribution in [-0.4, -0.2) is 35.8 Å². The molecular weight excluding hydrogens is 312 g/mol. The van der Waals surface area contributed by atoms with Crippen LogP contribution >= 0.6 is 11.3 Å². The summed E-state index contributed by atoms with van der Waals surface area (Å²) >= 11 is 1.55. The summed E-state index contributed by atoms with van der Waals surface area (Å²) in [6.07, 6.45) is 5.93. The molecule has 2 N–H and O–H groups in total. The molecule has 2 unspecified atom stereocenters. The minimum Gasteiger partial charge on any atom is -0.261 e. The van der Waals surface area contributed by atoms with Crippen LogP contribution in [-0.2, 0) is 0 Å². The van der Waals surface area contributed by atoms with E-state index in [1.165, 1.54) is 0 Å². The largest absolute Gasteiger partial charge is 0.261 e. The summed E-state index contributed by atoms with van der Waals surface area (Å²) in [7, 11) is 0. The third kappa shape index (κ3) is 2.60. The Labute approximate surface area is 137 Å². The van der Waals surface area contributed by atoms with Gasteiger partial charge in [-0.1, -0.05) is 32.1 Å². The zero-order valence-corrected chi connectivity index (χ0v) is 14.0. The number of hydrogen-bond donors (Lipinski definition) is 2. The second-order valence-corrected chi connectivity index (χ2v) is 7.73. The van der Waals surface area contributed by atoms with E-state index in [-0.39, 0.29) is 11.5 Å². The molecule has 8 nitrogen and oxygen atoms in total. The van der Waals surface area contributed by atoms with Crippen molar-refractivity contribution in [3.63, 3.8) is 0 Å². The maximum Gasteiger partial charge on any atom is 0.235 e. The molecule has 120 valence electrons. The molecule has 23 heavy (non-hydrogen) atoms. The lowest BCUT2D eigenvalue weighted by Crippen LogP contribution is -2.39. The molecule has 0 aliphatic carbocycles. The number of fused-ring (bicyclic) bond motifs is 1. The monoisotopic (exact) mass is 330 g/mol. The van der Waals surface area contributed by atoms with Crippen LogP contribution < -0.4 is 10.9 Å². The predicted octanol–water partition coefficient (Wildman–Crippen LogP) is 1.60. The summed E-state index contributed by atoms with van der Waals surface area (Å²) in [5.41, 5.74) is 7.59. The molecule has 4 heterocycles. The highest BCUT2D eigenvalue weighted by Crippen LogP contribution is 2.33. The normalized spacial score (nSPS) is 22.0. The average Bonchev–Trinajstić information content (AvgIpc) is 3.22. The Morgan fingerprint density at radius 1 is 1.22 bits per heavy atom. The quantitative estimate of drug-likeness (QED) is 0.737. The van der Waals surface area contributed by atoms with Crippen LogP contribution in [0.15, 0.2) is 18.6 Å². The van der Waals surface area contributed by atoms with Gasteiger partial charge in [-0.2, -0.15) is 9.61 Å². The van der Waals surface area contributed by atoms with Crippen LogP contribution in [0.5, 0.6) is 0 Å². The molecule has 1 aliphatic heterocycles. The zero-order chi connectivity index (χ0) is 16.0. The highest BCUT2D eigenvalue weighted by Gasteiger charge is 2.35. The van der Waals surface area contributed by atoms with E-state index in [0.717, 1.165) is 16.4 Å². The Morgan fingerprint density at radius 3 is 2.78 bits per heavy atom. The van der Waals surface area contributed by atoms with Crippen LogP contribution in [0.25, 0.3) is 16.5 Å². The third-order valence-corrected chi connectivity index (χ3v) is 5.06. The second kappa shape index (κ2) is 5.29. The smallest absolute Gasteiger partial charge is 0.235 e. The van der Waals surface area contributed by atoms with E-state index < -0.39 is 0 Å². The molecule has 1 fully saturated rings. The molecular formula is C14H18N8S. The topological polar surface area (TPSA) is 92.9 Å². The number of nitrogens with one attached hydrogen (secondary N) is 2. The van der Waals surface area contributed by atoms with E-state index in [1.54, 1.807) is 34.4 Å². The second-order valence-electron chi connectivity index (χ2n) is 6.74. The van der Waals surface area contributed by atoms with Gasteiger partial charge < -0.3 is 0 Å². The lowest BCUT2D eigenvalue weighted by molar-refractivity contribution is 0.286. The molecule has 0 aromatic carbocycles. The fourth-order valence-electron chi connectivity index (χ4n) is 2.63. The van der Waals surface area contributed by atoms with Crippen molar-refractivity contribution < 1.29 is 0 Å². The minimum absolute atomic E-state index is 0.181. The van der Waals surface area contributed by atoms with Crippen molar-refractivity contribution in [2.45, 2.75) is 39.3 Å². The number of nitrogens with zero attached hydrogens (tertiary/aromatic N) is 6. The summed E-state index contributed by atoms with van der Waals surface area (Å²) in [5.74, 6) is 0.619. The summed E-state index contributed by atoms with van der Waals surface area (Å²) in [6.45, 7) is 6.71. The van der Waals surface area contributed by atoms with Crippen LogP contribution in [0.2, 0.25) is 0 Å². The first-order chi connectivity index (χ1) is 11.0. The summed E-state index contributed by atoms with van der Waals surface area (Å²) in [4.78, 5) is 9.12. The van der Waals surface area contributed by atoms with Gasteiger partial charge >= 0.3 is 0 Å². The first-order valence-electron chi connectivity index (χ1n) is 7.52. The van der Waals surface area contributed by atoms with E-state index in [4.69, 9.17) is 0 Å². The van der Waals surface area contributed by atoms with Crippen molar-refractivity contribution >= 4 is 16.3 Å². The maximum atomic E-state index is 4.69. The average molecular weight is 330 g/mol. The summed E-state index contributed by atoms with van der Waals surface area (Å²) in [6, 6.07) is 0.585. The van der Waals surface area contributed by atoms with Gasteiger partial charge in [-0.25, -0.2) is 10.4 Å². The SMILES string of the molecule is CC(C)(C)C1CC(c2nn3c(-c4cnccn4)nnc3s2)NN1. The number of rotatable bonds is 2. The van der Waals surface area contributed by atoms with Gasteiger partial charge in [-0.15, -0.1) is 10.2 Å². The Morgan fingerprint density at radius 2 is 2.09 bits per heavy atom. The van der Waals surface area contributed by atoms with Gasteiger partial charge in [0.15, 0.2) is 0 Å². The third-order valence-electron chi connectivity index (χ3n) is 4.05. The van der Waals surface area contributed by atoms with E-state index in [9.17, 15) is 0 Å².